The van der Waals surface area contributed by atoms with Gasteiger partial charge in [-0.25, -0.2) is 0 Å². The van der Waals surface area contributed by atoms with Gasteiger partial charge in [0.25, 0.3) is 0 Å². The molecule has 2 N–H and O–H groups in total. The van der Waals surface area contributed by atoms with Gasteiger partial charge in [0.1, 0.15) is 17.9 Å². The van der Waals surface area contributed by atoms with Gasteiger partial charge in [0.05, 0.1) is 19.3 Å². The molecule has 0 saturated carbocycles. The molecule has 0 radical (unpaired) electrons. The summed E-state index contributed by atoms with van der Waals surface area (Å²) in [5, 5.41) is 8.92. The maximum absolute atomic E-state index is 11.4. The fourth-order valence-corrected chi connectivity index (χ4v) is 2.67. The van der Waals surface area contributed by atoms with E-state index in [1.54, 1.807) is 31.9 Å². The van der Waals surface area contributed by atoms with E-state index in [2.05, 4.69) is 6.07 Å². The number of hydrogen-bond acceptors (Lipinski definition) is 6. The van der Waals surface area contributed by atoms with Gasteiger partial charge >= 0.3 is 5.97 Å². The Balaban J connectivity index is 2.40. The average molecular weight is 308 g/mol. The molecule has 1 aromatic rings. The summed E-state index contributed by atoms with van der Waals surface area (Å²) in [6.45, 7) is 2.11. The van der Waals surface area contributed by atoms with Crippen molar-refractivity contribution in [2.45, 2.75) is 25.1 Å². The van der Waals surface area contributed by atoms with Crippen molar-refractivity contribution < 1.29 is 14.3 Å². The lowest BCUT2D eigenvalue weighted by Gasteiger charge is -2.10. The highest BCUT2D eigenvalue weighted by atomic mass is 32.2. The van der Waals surface area contributed by atoms with Crippen LogP contribution in [-0.2, 0) is 15.3 Å². The van der Waals surface area contributed by atoms with Crippen LogP contribution < -0.4 is 10.5 Å². The van der Waals surface area contributed by atoms with E-state index in [1.807, 2.05) is 12.1 Å². The molecule has 0 fully saturated rings. The first-order valence-electron chi connectivity index (χ1n) is 6.69. The van der Waals surface area contributed by atoms with Crippen LogP contribution in [0.25, 0.3) is 0 Å². The molecule has 0 spiro atoms. The van der Waals surface area contributed by atoms with Crippen LogP contribution in [0.15, 0.2) is 18.2 Å². The number of carbonyl (C=O) groups excluding carboxylic acids is 1. The molecule has 0 aromatic heterocycles. The van der Waals surface area contributed by atoms with Crippen LogP contribution in [0.3, 0.4) is 0 Å². The molecule has 0 amide bonds. The van der Waals surface area contributed by atoms with Crippen LogP contribution >= 0.6 is 11.8 Å². The summed E-state index contributed by atoms with van der Waals surface area (Å²) in [6.07, 6.45) is 0.580. The number of hydrogen-bond donors (Lipinski definition) is 1. The molecule has 1 unspecified atom stereocenters. The van der Waals surface area contributed by atoms with Gasteiger partial charge in [0, 0.05) is 5.75 Å². The second kappa shape index (κ2) is 9.27. The number of thioether (sulfide) groups is 1. The molecule has 5 nitrogen and oxygen atoms in total. The summed E-state index contributed by atoms with van der Waals surface area (Å²) in [5.74, 6) is 1.77. The van der Waals surface area contributed by atoms with Gasteiger partial charge in [-0.3, -0.25) is 4.79 Å². The lowest BCUT2D eigenvalue weighted by molar-refractivity contribution is -0.144. The Bertz CT molecular complexity index is 514. The number of nitrogens with zero attached hydrogens (tertiary/aromatic N) is 1. The number of methoxy groups -OCH3 is 1. The lowest BCUT2D eigenvalue weighted by Crippen LogP contribution is -2.32. The van der Waals surface area contributed by atoms with E-state index in [1.165, 1.54) is 0 Å². The SMILES string of the molecule is CCOC(=O)C(N)CCSCc1ccc(C#N)c(OC)c1. The maximum Gasteiger partial charge on any atom is 0.322 e. The molecule has 0 aliphatic heterocycles. The molecule has 0 saturated heterocycles. The van der Waals surface area contributed by atoms with Crippen molar-refractivity contribution in [1.29, 1.82) is 5.26 Å². The molecule has 1 rings (SSSR count). The van der Waals surface area contributed by atoms with Crippen molar-refractivity contribution in [2.75, 3.05) is 19.5 Å². The maximum atomic E-state index is 11.4. The molecular formula is C15H20N2O3S. The first kappa shape index (κ1) is 17.3. The van der Waals surface area contributed by atoms with Crippen LogP contribution in [-0.4, -0.2) is 31.5 Å². The van der Waals surface area contributed by atoms with Gasteiger partial charge in [-0.05, 0) is 36.8 Å². The van der Waals surface area contributed by atoms with Crippen LogP contribution in [0, 0.1) is 11.3 Å². The van der Waals surface area contributed by atoms with Crippen molar-refractivity contribution >= 4 is 17.7 Å². The zero-order chi connectivity index (χ0) is 15.7. The minimum Gasteiger partial charge on any atom is -0.495 e. The van der Waals surface area contributed by atoms with Crippen molar-refractivity contribution in [3.05, 3.63) is 29.3 Å². The number of ether oxygens (including phenoxy) is 2. The Morgan fingerprint density at radius 2 is 2.29 bits per heavy atom. The second-order valence-corrected chi connectivity index (χ2v) is 5.45. The van der Waals surface area contributed by atoms with Crippen molar-refractivity contribution in [3.63, 3.8) is 0 Å². The van der Waals surface area contributed by atoms with Crippen LogP contribution in [0.5, 0.6) is 5.75 Å². The molecule has 1 atom stereocenters. The quantitative estimate of drug-likeness (QED) is 0.584. The highest BCUT2D eigenvalue weighted by molar-refractivity contribution is 7.98. The van der Waals surface area contributed by atoms with Crippen molar-refractivity contribution in [3.8, 4) is 11.8 Å². The highest BCUT2D eigenvalue weighted by Gasteiger charge is 2.13. The fraction of sp³-hybridized carbons (Fsp3) is 0.467. The van der Waals surface area contributed by atoms with Gasteiger partial charge in [-0.2, -0.15) is 17.0 Å². The minimum absolute atomic E-state index is 0.349. The van der Waals surface area contributed by atoms with E-state index in [0.29, 0.717) is 24.3 Å². The molecule has 21 heavy (non-hydrogen) atoms. The summed E-state index contributed by atoms with van der Waals surface area (Å²) < 4.78 is 10.0. The fourth-order valence-electron chi connectivity index (χ4n) is 1.69. The number of rotatable bonds is 8. The highest BCUT2D eigenvalue weighted by Crippen LogP contribution is 2.22. The Hall–Kier alpha value is -1.71. The first-order chi connectivity index (χ1) is 10.1. The summed E-state index contributed by atoms with van der Waals surface area (Å²) in [6, 6.07) is 7.03. The van der Waals surface area contributed by atoms with E-state index in [-0.39, 0.29) is 5.97 Å². The van der Waals surface area contributed by atoms with Crippen molar-refractivity contribution in [1.82, 2.24) is 0 Å². The summed E-state index contributed by atoms with van der Waals surface area (Å²) in [5.41, 5.74) is 7.32. The third-order valence-electron chi connectivity index (χ3n) is 2.82. The number of nitriles is 1. The van der Waals surface area contributed by atoms with E-state index in [0.717, 1.165) is 17.1 Å². The van der Waals surface area contributed by atoms with Gasteiger partial charge in [0.15, 0.2) is 0 Å². The standard InChI is InChI=1S/C15H20N2O3S/c1-3-20-15(18)13(17)6-7-21-10-11-4-5-12(9-16)14(8-11)19-2/h4-5,8,13H,3,6-7,10,17H2,1-2H3. The molecule has 0 heterocycles. The van der Waals surface area contributed by atoms with Crippen molar-refractivity contribution in [2.24, 2.45) is 5.73 Å². The monoisotopic (exact) mass is 308 g/mol. The first-order valence-corrected chi connectivity index (χ1v) is 7.84. The number of carbonyl (C=O) groups is 1. The summed E-state index contributed by atoms with van der Waals surface area (Å²) in [7, 11) is 1.55. The zero-order valence-electron chi connectivity index (χ0n) is 12.3. The molecule has 0 aliphatic rings. The molecule has 0 aliphatic carbocycles. The molecule has 114 valence electrons. The average Bonchev–Trinajstić information content (AvgIpc) is 2.51. The minimum atomic E-state index is -0.562. The Morgan fingerprint density at radius 1 is 1.52 bits per heavy atom. The number of esters is 1. The van der Waals surface area contributed by atoms with Crippen LogP contribution in [0.1, 0.15) is 24.5 Å². The van der Waals surface area contributed by atoms with Crippen LogP contribution in [0.4, 0.5) is 0 Å². The largest absolute Gasteiger partial charge is 0.495 e. The van der Waals surface area contributed by atoms with E-state index in [4.69, 9.17) is 20.5 Å². The topological polar surface area (TPSA) is 85.3 Å². The summed E-state index contributed by atoms with van der Waals surface area (Å²) >= 11 is 1.68. The summed E-state index contributed by atoms with van der Waals surface area (Å²) in [4.78, 5) is 11.4. The Morgan fingerprint density at radius 3 is 2.90 bits per heavy atom. The number of benzene rings is 1. The predicted octanol–water partition coefficient (Wildman–Crippen LogP) is 2.08. The third kappa shape index (κ3) is 5.66. The van der Waals surface area contributed by atoms with Gasteiger partial charge in [-0.15, -0.1) is 0 Å². The zero-order valence-corrected chi connectivity index (χ0v) is 13.1. The second-order valence-electron chi connectivity index (χ2n) is 4.35. The molecule has 1 aromatic carbocycles. The smallest absolute Gasteiger partial charge is 0.322 e. The van der Waals surface area contributed by atoms with E-state index >= 15 is 0 Å². The molecular weight excluding hydrogens is 288 g/mol. The van der Waals surface area contributed by atoms with Gasteiger partial charge in [-0.1, -0.05) is 6.07 Å². The molecule has 0 bridgehead atoms. The van der Waals surface area contributed by atoms with Gasteiger partial charge < -0.3 is 15.2 Å². The predicted molar refractivity (Wildman–Crippen MR) is 83.1 cm³/mol. The molecule has 6 heteroatoms. The van der Waals surface area contributed by atoms with Crippen LogP contribution in [0.2, 0.25) is 0 Å². The van der Waals surface area contributed by atoms with E-state index in [9.17, 15) is 4.79 Å². The lowest BCUT2D eigenvalue weighted by atomic mass is 10.1. The Kier molecular flexibility index (Phi) is 7.65. The third-order valence-corrected chi connectivity index (χ3v) is 3.88. The number of nitrogens with two attached hydrogens (primary N) is 1. The van der Waals surface area contributed by atoms with E-state index < -0.39 is 6.04 Å². The van der Waals surface area contributed by atoms with Gasteiger partial charge in [0.2, 0.25) is 0 Å². The normalized spacial score (nSPS) is 11.5. The Labute approximate surface area is 129 Å².